The first kappa shape index (κ1) is 10.5. The van der Waals surface area contributed by atoms with Gasteiger partial charge in [0.25, 0.3) is 0 Å². The van der Waals surface area contributed by atoms with Crippen LogP contribution in [0.1, 0.15) is 11.1 Å². The van der Waals surface area contributed by atoms with Crippen LogP contribution >= 0.6 is 0 Å². The Balaban J connectivity index is 3.14. The molecule has 0 radical (unpaired) electrons. The van der Waals surface area contributed by atoms with Crippen molar-refractivity contribution in [3.05, 3.63) is 35.1 Å². The van der Waals surface area contributed by atoms with E-state index in [4.69, 9.17) is 5.21 Å². The summed E-state index contributed by atoms with van der Waals surface area (Å²) in [6, 6.07) is 2.24. The standard InChI is InChI=1S/C8H5F4NO/c9-7-3-5(4-13-14)1-2-6(7)8(10,11)12/h1-4,14H/b13-4-. The largest absolute Gasteiger partial charge is 0.419 e. The molecule has 0 saturated heterocycles. The maximum absolute atomic E-state index is 12.8. The summed E-state index contributed by atoms with van der Waals surface area (Å²) >= 11 is 0. The second kappa shape index (κ2) is 3.65. The van der Waals surface area contributed by atoms with E-state index in [1.54, 1.807) is 0 Å². The molecule has 1 aromatic rings. The lowest BCUT2D eigenvalue weighted by atomic mass is 10.1. The van der Waals surface area contributed by atoms with Crippen molar-refractivity contribution in [2.75, 3.05) is 0 Å². The highest BCUT2D eigenvalue weighted by atomic mass is 19.4. The third-order valence-corrected chi connectivity index (χ3v) is 1.51. The molecule has 1 N–H and O–H groups in total. The quantitative estimate of drug-likeness (QED) is 0.326. The summed E-state index contributed by atoms with van der Waals surface area (Å²) in [6.07, 6.45) is -3.87. The molecule has 0 spiro atoms. The van der Waals surface area contributed by atoms with Crippen LogP contribution in [-0.4, -0.2) is 11.4 Å². The van der Waals surface area contributed by atoms with E-state index < -0.39 is 17.6 Å². The van der Waals surface area contributed by atoms with Crippen LogP contribution < -0.4 is 0 Å². The van der Waals surface area contributed by atoms with Gasteiger partial charge >= 0.3 is 6.18 Å². The van der Waals surface area contributed by atoms with Crippen LogP contribution in [0.4, 0.5) is 17.6 Å². The summed E-state index contributed by atoms with van der Waals surface area (Å²) in [4.78, 5) is 0. The molecule has 0 bridgehead atoms. The summed E-state index contributed by atoms with van der Waals surface area (Å²) < 4.78 is 48.9. The molecule has 0 amide bonds. The minimum absolute atomic E-state index is 0.0537. The predicted molar refractivity (Wildman–Crippen MR) is 40.8 cm³/mol. The van der Waals surface area contributed by atoms with E-state index in [2.05, 4.69) is 5.16 Å². The van der Waals surface area contributed by atoms with Gasteiger partial charge in [-0.1, -0.05) is 11.2 Å². The Hall–Kier alpha value is -1.59. The van der Waals surface area contributed by atoms with Gasteiger partial charge in [0.2, 0.25) is 0 Å². The number of halogens is 4. The summed E-state index contributed by atoms with van der Waals surface area (Å²) in [5, 5.41) is 10.6. The first-order valence-electron chi connectivity index (χ1n) is 3.49. The molecule has 0 fully saturated rings. The molecule has 0 aliphatic rings. The van der Waals surface area contributed by atoms with Crippen molar-refractivity contribution in [3.63, 3.8) is 0 Å². The smallest absolute Gasteiger partial charge is 0.411 e. The molecular weight excluding hydrogens is 202 g/mol. The van der Waals surface area contributed by atoms with Crippen molar-refractivity contribution in [3.8, 4) is 0 Å². The van der Waals surface area contributed by atoms with Crippen molar-refractivity contribution in [1.29, 1.82) is 0 Å². The maximum Gasteiger partial charge on any atom is 0.419 e. The molecule has 0 unspecified atom stereocenters. The molecule has 76 valence electrons. The Kier molecular flexibility index (Phi) is 2.73. The third-order valence-electron chi connectivity index (χ3n) is 1.51. The van der Waals surface area contributed by atoms with Crippen LogP contribution in [0.25, 0.3) is 0 Å². The highest BCUT2D eigenvalue weighted by Crippen LogP contribution is 2.31. The van der Waals surface area contributed by atoms with E-state index in [1.165, 1.54) is 0 Å². The van der Waals surface area contributed by atoms with Gasteiger partial charge in [-0.3, -0.25) is 0 Å². The molecule has 14 heavy (non-hydrogen) atoms. The zero-order valence-electron chi connectivity index (χ0n) is 6.72. The average molecular weight is 207 g/mol. The molecule has 0 saturated carbocycles. The van der Waals surface area contributed by atoms with E-state index in [0.29, 0.717) is 12.1 Å². The number of alkyl halides is 3. The molecule has 6 heteroatoms. The van der Waals surface area contributed by atoms with Crippen molar-refractivity contribution in [2.24, 2.45) is 5.16 Å². The Morgan fingerprint density at radius 2 is 1.93 bits per heavy atom. The zero-order valence-corrected chi connectivity index (χ0v) is 6.72. The second-order valence-corrected chi connectivity index (χ2v) is 2.48. The zero-order chi connectivity index (χ0) is 10.8. The second-order valence-electron chi connectivity index (χ2n) is 2.48. The molecule has 0 aliphatic heterocycles. The Morgan fingerprint density at radius 3 is 2.36 bits per heavy atom. The third kappa shape index (κ3) is 2.21. The minimum Gasteiger partial charge on any atom is -0.411 e. The lowest BCUT2D eigenvalue weighted by molar-refractivity contribution is -0.140. The van der Waals surface area contributed by atoms with Gasteiger partial charge in [-0.15, -0.1) is 0 Å². The van der Waals surface area contributed by atoms with Gasteiger partial charge in [-0.2, -0.15) is 13.2 Å². The predicted octanol–water partition coefficient (Wildman–Crippen LogP) is 2.65. The SMILES string of the molecule is O/N=C\c1ccc(C(F)(F)F)c(F)c1. The first-order valence-corrected chi connectivity index (χ1v) is 3.49. The molecule has 0 heterocycles. The number of hydrogen-bond acceptors (Lipinski definition) is 2. The molecule has 0 aliphatic carbocycles. The number of oxime groups is 1. The van der Waals surface area contributed by atoms with Crippen LogP contribution in [-0.2, 0) is 6.18 Å². The fourth-order valence-electron chi connectivity index (χ4n) is 0.908. The van der Waals surface area contributed by atoms with Crippen molar-refractivity contribution in [2.45, 2.75) is 6.18 Å². The normalized spacial score (nSPS) is 12.3. The van der Waals surface area contributed by atoms with E-state index in [-0.39, 0.29) is 5.56 Å². The number of nitrogens with zero attached hydrogens (tertiary/aromatic N) is 1. The Labute approximate surface area is 76.5 Å². The Morgan fingerprint density at radius 1 is 1.29 bits per heavy atom. The summed E-state index contributed by atoms with van der Waals surface area (Å²) in [5.74, 6) is -1.39. The average Bonchev–Trinajstić information content (AvgIpc) is 2.02. The van der Waals surface area contributed by atoms with E-state index in [0.717, 1.165) is 12.3 Å². The van der Waals surface area contributed by atoms with Crippen LogP contribution in [0.15, 0.2) is 23.4 Å². The summed E-state index contributed by atoms with van der Waals surface area (Å²) in [6.45, 7) is 0. The van der Waals surface area contributed by atoms with Gasteiger partial charge in [-0.25, -0.2) is 4.39 Å². The molecule has 1 aromatic carbocycles. The summed E-state index contributed by atoms with van der Waals surface area (Å²) in [5.41, 5.74) is -1.29. The topological polar surface area (TPSA) is 32.6 Å². The number of rotatable bonds is 1. The summed E-state index contributed by atoms with van der Waals surface area (Å²) in [7, 11) is 0. The first-order chi connectivity index (χ1) is 6.45. The highest BCUT2D eigenvalue weighted by Gasteiger charge is 2.33. The highest BCUT2D eigenvalue weighted by molar-refractivity contribution is 5.79. The van der Waals surface area contributed by atoms with Crippen LogP contribution in [0.2, 0.25) is 0 Å². The molecule has 0 atom stereocenters. The van der Waals surface area contributed by atoms with E-state index in [9.17, 15) is 17.6 Å². The maximum atomic E-state index is 12.8. The molecular formula is C8H5F4NO. The van der Waals surface area contributed by atoms with Crippen LogP contribution in [0.5, 0.6) is 0 Å². The minimum atomic E-state index is -4.71. The monoisotopic (exact) mass is 207 g/mol. The number of benzene rings is 1. The van der Waals surface area contributed by atoms with E-state index >= 15 is 0 Å². The van der Waals surface area contributed by atoms with Crippen LogP contribution in [0.3, 0.4) is 0 Å². The van der Waals surface area contributed by atoms with Crippen LogP contribution in [0, 0.1) is 5.82 Å². The lowest BCUT2D eigenvalue weighted by Gasteiger charge is -2.07. The van der Waals surface area contributed by atoms with Gasteiger partial charge in [0.1, 0.15) is 5.82 Å². The fourth-order valence-corrected chi connectivity index (χ4v) is 0.908. The van der Waals surface area contributed by atoms with Gasteiger partial charge in [-0.05, 0) is 17.7 Å². The van der Waals surface area contributed by atoms with Gasteiger partial charge in [0.05, 0.1) is 11.8 Å². The molecule has 0 aromatic heterocycles. The van der Waals surface area contributed by atoms with Crippen molar-refractivity contribution in [1.82, 2.24) is 0 Å². The fraction of sp³-hybridized carbons (Fsp3) is 0.125. The molecule has 2 nitrogen and oxygen atoms in total. The van der Waals surface area contributed by atoms with Crippen molar-refractivity contribution >= 4 is 6.21 Å². The van der Waals surface area contributed by atoms with Gasteiger partial charge in [0.15, 0.2) is 0 Å². The lowest BCUT2D eigenvalue weighted by Crippen LogP contribution is -2.08. The van der Waals surface area contributed by atoms with Crippen molar-refractivity contribution < 1.29 is 22.8 Å². The van der Waals surface area contributed by atoms with Gasteiger partial charge in [0, 0.05) is 0 Å². The van der Waals surface area contributed by atoms with E-state index in [1.807, 2.05) is 0 Å². The molecule has 1 rings (SSSR count). The number of hydrogen-bond donors (Lipinski definition) is 1. The van der Waals surface area contributed by atoms with Gasteiger partial charge < -0.3 is 5.21 Å². The Bertz CT molecular complexity index is 359.